The fourth-order valence-corrected chi connectivity index (χ4v) is 2.56. The molecule has 0 spiro atoms. The van der Waals surface area contributed by atoms with E-state index in [2.05, 4.69) is 0 Å². The highest BCUT2D eigenvalue weighted by Gasteiger charge is 2.41. The number of halogens is 3. The standard InChI is InChI=1S/C13H15F3O/c1-9-4-3-7-12(9,17)10-5-2-6-11(8-10)13(14,15)16/h2,5-6,8-9,17H,3-4,7H2,1H3. The average molecular weight is 244 g/mol. The Morgan fingerprint density at radius 2 is 2.06 bits per heavy atom. The van der Waals surface area contributed by atoms with Gasteiger partial charge in [0.1, 0.15) is 0 Å². The maximum absolute atomic E-state index is 12.6. The summed E-state index contributed by atoms with van der Waals surface area (Å²) in [4.78, 5) is 0. The summed E-state index contributed by atoms with van der Waals surface area (Å²) >= 11 is 0. The molecule has 0 heterocycles. The summed E-state index contributed by atoms with van der Waals surface area (Å²) in [6, 6.07) is 5.05. The molecular formula is C13H15F3O. The Balaban J connectivity index is 2.40. The second-order valence-electron chi connectivity index (χ2n) is 4.80. The van der Waals surface area contributed by atoms with Crippen molar-refractivity contribution in [1.82, 2.24) is 0 Å². The van der Waals surface area contributed by atoms with Crippen LogP contribution in [0.4, 0.5) is 13.2 Å². The monoisotopic (exact) mass is 244 g/mol. The van der Waals surface area contributed by atoms with E-state index in [1.165, 1.54) is 6.07 Å². The minimum atomic E-state index is -4.35. The number of alkyl halides is 3. The Bertz CT molecular complexity index is 413. The highest BCUT2D eigenvalue weighted by molar-refractivity contribution is 5.31. The molecule has 0 bridgehead atoms. The van der Waals surface area contributed by atoms with E-state index < -0.39 is 17.3 Å². The Morgan fingerprint density at radius 1 is 1.35 bits per heavy atom. The van der Waals surface area contributed by atoms with Gasteiger partial charge in [-0.15, -0.1) is 0 Å². The van der Waals surface area contributed by atoms with Crippen LogP contribution in [-0.4, -0.2) is 5.11 Å². The third-order valence-electron chi connectivity index (χ3n) is 3.70. The summed E-state index contributed by atoms with van der Waals surface area (Å²) in [5.41, 5.74) is -1.40. The molecule has 2 unspecified atom stereocenters. The first-order chi connectivity index (χ1) is 7.84. The van der Waals surface area contributed by atoms with Crippen LogP contribution in [0.5, 0.6) is 0 Å². The fourth-order valence-electron chi connectivity index (χ4n) is 2.56. The molecular weight excluding hydrogens is 229 g/mol. The van der Waals surface area contributed by atoms with Gasteiger partial charge in [0.2, 0.25) is 0 Å². The average Bonchev–Trinajstić information content (AvgIpc) is 2.60. The first-order valence-electron chi connectivity index (χ1n) is 5.74. The number of rotatable bonds is 1. The highest BCUT2D eigenvalue weighted by Crippen LogP contribution is 2.44. The van der Waals surface area contributed by atoms with E-state index in [1.807, 2.05) is 6.92 Å². The molecule has 17 heavy (non-hydrogen) atoms. The Kier molecular flexibility index (Phi) is 2.94. The zero-order valence-electron chi connectivity index (χ0n) is 9.59. The van der Waals surface area contributed by atoms with Crippen molar-refractivity contribution < 1.29 is 18.3 Å². The molecule has 0 aromatic heterocycles. The summed E-state index contributed by atoms with van der Waals surface area (Å²) in [5, 5.41) is 10.5. The molecule has 1 saturated carbocycles. The quantitative estimate of drug-likeness (QED) is 0.798. The van der Waals surface area contributed by atoms with Crippen LogP contribution >= 0.6 is 0 Å². The zero-order valence-corrected chi connectivity index (χ0v) is 9.59. The van der Waals surface area contributed by atoms with Crippen molar-refractivity contribution in [3.8, 4) is 0 Å². The van der Waals surface area contributed by atoms with Crippen molar-refractivity contribution >= 4 is 0 Å². The smallest absolute Gasteiger partial charge is 0.385 e. The molecule has 1 N–H and O–H groups in total. The molecule has 0 saturated heterocycles. The van der Waals surface area contributed by atoms with Crippen LogP contribution in [0.25, 0.3) is 0 Å². The predicted molar refractivity (Wildman–Crippen MR) is 58.4 cm³/mol. The molecule has 2 atom stereocenters. The lowest BCUT2D eigenvalue weighted by molar-refractivity contribution is -0.137. The van der Waals surface area contributed by atoms with Crippen LogP contribution < -0.4 is 0 Å². The Hall–Kier alpha value is -1.03. The van der Waals surface area contributed by atoms with Crippen LogP contribution in [0.1, 0.15) is 37.3 Å². The van der Waals surface area contributed by atoms with E-state index >= 15 is 0 Å². The number of benzene rings is 1. The molecule has 4 heteroatoms. The minimum Gasteiger partial charge on any atom is -0.385 e. The lowest BCUT2D eigenvalue weighted by atomic mass is 9.84. The van der Waals surface area contributed by atoms with Gasteiger partial charge in [-0.05, 0) is 42.9 Å². The molecule has 94 valence electrons. The highest BCUT2D eigenvalue weighted by atomic mass is 19.4. The van der Waals surface area contributed by atoms with Gasteiger partial charge in [0.25, 0.3) is 0 Å². The molecule has 1 fully saturated rings. The van der Waals surface area contributed by atoms with Crippen LogP contribution in [0, 0.1) is 5.92 Å². The topological polar surface area (TPSA) is 20.2 Å². The summed E-state index contributed by atoms with van der Waals surface area (Å²) in [6.45, 7) is 1.88. The van der Waals surface area contributed by atoms with Crippen LogP contribution in [0.15, 0.2) is 24.3 Å². The van der Waals surface area contributed by atoms with Gasteiger partial charge in [-0.25, -0.2) is 0 Å². The van der Waals surface area contributed by atoms with Gasteiger partial charge in [-0.2, -0.15) is 13.2 Å². The van der Waals surface area contributed by atoms with E-state index in [1.54, 1.807) is 6.07 Å². The van der Waals surface area contributed by atoms with Crippen molar-refractivity contribution in [2.75, 3.05) is 0 Å². The van der Waals surface area contributed by atoms with Crippen LogP contribution in [0.2, 0.25) is 0 Å². The first-order valence-corrected chi connectivity index (χ1v) is 5.74. The van der Waals surface area contributed by atoms with Crippen molar-refractivity contribution in [3.05, 3.63) is 35.4 Å². The van der Waals surface area contributed by atoms with Crippen molar-refractivity contribution in [2.24, 2.45) is 5.92 Å². The molecule has 0 radical (unpaired) electrons. The summed E-state index contributed by atoms with van der Waals surface area (Å²) in [6.07, 6.45) is -2.11. The molecule has 0 amide bonds. The molecule has 0 aliphatic heterocycles. The maximum atomic E-state index is 12.6. The van der Waals surface area contributed by atoms with Crippen LogP contribution in [0.3, 0.4) is 0 Å². The predicted octanol–water partition coefficient (Wildman–Crippen LogP) is 3.71. The molecule has 1 aromatic carbocycles. The minimum absolute atomic E-state index is 0.00554. The molecule has 1 aromatic rings. The van der Waals surface area contributed by atoms with Gasteiger partial charge < -0.3 is 5.11 Å². The molecule has 1 nitrogen and oxygen atoms in total. The van der Waals surface area contributed by atoms with E-state index in [4.69, 9.17) is 0 Å². The maximum Gasteiger partial charge on any atom is 0.416 e. The lowest BCUT2D eigenvalue weighted by Gasteiger charge is -2.28. The lowest BCUT2D eigenvalue weighted by Crippen LogP contribution is -2.28. The molecule has 1 aliphatic rings. The third kappa shape index (κ3) is 2.18. The van der Waals surface area contributed by atoms with Crippen LogP contribution in [-0.2, 0) is 11.8 Å². The van der Waals surface area contributed by atoms with Gasteiger partial charge in [-0.1, -0.05) is 19.1 Å². The van der Waals surface area contributed by atoms with Gasteiger partial charge in [0, 0.05) is 0 Å². The first kappa shape index (κ1) is 12.4. The van der Waals surface area contributed by atoms with Crippen molar-refractivity contribution in [3.63, 3.8) is 0 Å². The fraction of sp³-hybridized carbons (Fsp3) is 0.538. The summed E-state index contributed by atoms with van der Waals surface area (Å²) < 4.78 is 37.8. The third-order valence-corrected chi connectivity index (χ3v) is 3.70. The second-order valence-corrected chi connectivity index (χ2v) is 4.80. The Labute approximate surface area is 98.3 Å². The largest absolute Gasteiger partial charge is 0.416 e. The van der Waals surface area contributed by atoms with E-state index in [9.17, 15) is 18.3 Å². The van der Waals surface area contributed by atoms with E-state index in [-0.39, 0.29) is 5.92 Å². The van der Waals surface area contributed by atoms with Crippen molar-refractivity contribution in [2.45, 2.75) is 38.0 Å². The zero-order chi connectivity index (χ0) is 12.7. The Morgan fingerprint density at radius 3 is 2.59 bits per heavy atom. The molecule has 1 aliphatic carbocycles. The van der Waals surface area contributed by atoms with E-state index in [0.717, 1.165) is 25.0 Å². The number of hydrogen-bond donors (Lipinski definition) is 1. The van der Waals surface area contributed by atoms with Crippen molar-refractivity contribution in [1.29, 1.82) is 0 Å². The van der Waals surface area contributed by atoms with Gasteiger partial charge in [0.05, 0.1) is 11.2 Å². The van der Waals surface area contributed by atoms with Gasteiger partial charge in [-0.3, -0.25) is 0 Å². The summed E-state index contributed by atoms with van der Waals surface area (Å²) in [5.74, 6) is 0.00554. The van der Waals surface area contributed by atoms with Gasteiger partial charge >= 0.3 is 6.18 Å². The van der Waals surface area contributed by atoms with Gasteiger partial charge in [0.15, 0.2) is 0 Å². The molecule has 2 rings (SSSR count). The SMILES string of the molecule is CC1CCCC1(O)c1cccc(C(F)(F)F)c1. The number of hydrogen-bond acceptors (Lipinski definition) is 1. The van der Waals surface area contributed by atoms with E-state index in [0.29, 0.717) is 12.0 Å². The number of aliphatic hydroxyl groups is 1. The second kappa shape index (κ2) is 4.02. The summed E-state index contributed by atoms with van der Waals surface area (Å²) in [7, 11) is 0. The normalized spacial score (nSPS) is 29.6.